The van der Waals surface area contributed by atoms with Crippen LogP contribution in [0.3, 0.4) is 0 Å². The number of H-pyrrole nitrogens is 1. The summed E-state index contributed by atoms with van der Waals surface area (Å²) in [5.74, 6) is 0.596. The molecule has 29 heavy (non-hydrogen) atoms. The Bertz CT molecular complexity index is 1330. The molecule has 2 aromatic heterocycles. The molecule has 142 valence electrons. The second-order valence-corrected chi connectivity index (χ2v) is 6.98. The molecule has 0 aliphatic rings. The number of nitrogen functional groups attached to an aromatic ring is 1. The van der Waals surface area contributed by atoms with Crippen LogP contribution in [0.5, 0.6) is 5.75 Å². The highest BCUT2D eigenvalue weighted by Crippen LogP contribution is 2.26. The molecule has 5 rings (SSSR count). The number of ether oxygens (including phenoxy) is 1. The van der Waals surface area contributed by atoms with E-state index >= 15 is 0 Å². The van der Waals surface area contributed by atoms with Gasteiger partial charge in [-0.05, 0) is 35.9 Å². The summed E-state index contributed by atoms with van der Waals surface area (Å²) in [6.45, 7) is 0.494. The first-order chi connectivity index (χ1) is 14.2. The van der Waals surface area contributed by atoms with Crippen LogP contribution in [0.1, 0.15) is 16.1 Å². The van der Waals surface area contributed by atoms with E-state index in [1.807, 2.05) is 72.8 Å². The third kappa shape index (κ3) is 3.12. The lowest BCUT2D eigenvalue weighted by Gasteiger charge is -2.06. The van der Waals surface area contributed by atoms with Crippen LogP contribution in [-0.2, 0) is 6.61 Å². The number of para-hydroxylation sites is 1. The maximum absolute atomic E-state index is 13.1. The topological polar surface area (TPSA) is 73.0 Å². The fourth-order valence-corrected chi connectivity index (χ4v) is 3.57. The minimum Gasteiger partial charge on any atom is -0.489 e. The highest BCUT2D eigenvalue weighted by molar-refractivity contribution is 6.06. The fraction of sp³-hybridized carbons (Fsp3) is 0.0417. The third-order valence-electron chi connectivity index (χ3n) is 5.03. The summed E-state index contributed by atoms with van der Waals surface area (Å²) < 4.78 is 7.47. The average molecular weight is 381 g/mol. The Hall–Kier alpha value is -3.99. The first-order valence-corrected chi connectivity index (χ1v) is 9.39. The molecule has 5 nitrogen and oxygen atoms in total. The van der Waals surface area contributed by atoms with Crippen LogP contribution >= 0.6 is 0 Å². The molecule has 0 spiro atoms. The SMILES string of the molecule is Nc1cccc2ccn(C(=O)c3cc4ccc(OCc5ccccc5)cc4[nH]3)c12. The van der Waals surface area contributed by atoms with Crippen molar-refractivity contribution < 1.29 is 9.53 Å². The van der Waals surface area contributed by atoms with Gasteiger partial charge in [-0.2, -0.15) is 0 Å². The van der Waals surface area contributed by atoms with E-state index in [1.165, 1.54) is 0 Å². The predicted molar refractivity (Wildman–Crippen MR) is 115 cm³/mol. The fourth-order valence-electron chi connectivity index (χ4n) is 3.57. The molecule has 5 aromatic rings. The summed E-state index contributed by atoms with van der Waals surface area (Å²) in [6.07, 6.45) is 1.75. The van der Waals surface area contributed by atoms with E-state index < -0.39 is 0 Å². The number of benzene rings is 3. The molecular weight excluding hydrogens is 362 g/mol. The average Bonchev–Trinajstić information content (AvgIpc) is 3.37. The van der Waals surface area contributed by atoms with Crippen LogP contribution in [0.15, 0.2) is 85.1 Å². The molecule has 0 aliphatic heterocycles. The lowest BCUT2D eigenvalue weighted by atomic mass is 10.2. The second-order valence-electron chi connectivity index (χ2n) is 6.98. The van der Waals surface area contributed by atoms with E-state index in [0.717, 1.165) is 33.1 Å². The highest BCUT2D eigenvalue weighted by atomic mass is 16.5. The zero-order chi connectivity index (χ0) is 19.8. The molecule has 3 N–H and O–H groups in total. The van der Waals surface area contributed by atoms with Gasteiger partial charge in [0.1, 0.15) is 18.1 Å². The lowest BCUT2D eigenvalue weighted by molar-refractivity contribution is 0.0961. The van der Waals surface area contributed by atoms with E-state index in [-0.39, 0.29) is 5.91 Å². The maximum atomic E-state index is 13.1. The minimum atomic E-state index is -0.152. The van der Waals surface area contributed by atoms with Crippen molar-refractivity contribution in [2.45, 2.75) is 6.61 Å². The van der Waals surface area contributed by atoms with Crippen molar-refractivity contribution in [3.05, 3.63) is 96.3 Å². The first kappa shape index (κ1) is 17.1. The summed E-state index contributed by atoms with van der Waals surface area (Å²) in [5.41, 5.74) is 9.85. The van der Waals surface area contributed by atoms with Gasteiger partial charge in [-0.15, -0.1) is 0 Å². The normalized spacial score (nSPS) is 11.2. The number of nitrogens with two attached hydrogens (primary N) is 1. The first-order valence-electron chi connectivity index (χ1n) is 9.39. The number of hydrogen-bond acceptors (Lipinski definition) is 3. The van der Waals surface area contributed by atoms with Crippen LogP contribution in [0.25, 0.3) is 21.8 Å². The number of nitrogens with zero attached hydrogens (tertiary/aromatic N) is 1. The monoisotopic (exact) mass is 381 g/mol. The highest BCUT2D eigenvalue weighted by Gasteiger charge is 2.15. The number of aromatic nitrogens is 2. The van der Waals surface area contributed by atoms with Gasteiger partial charge in [0.25, 0.3) is 5.91 Å². The molecule has 0 aliphatic carbocycles. The molecule has 2 heterocycles. The summed E-state index contributed by atoms with van der Waals surface area (Å²) in [5, 5.41) is 1.89. The standard InChI is InChI=1S/C24H19N3O2/c25-20-8-4-7-17-11-12-27(23(17)20)24(28)22-13-18-9-10-19(14-21(18)26-22)29-15-16-5-2-1-3-6-16/h1-14,26H,15,25H2. The summed E-state index contributed by atoms with van der Waals surface area (Å²) >= 11 is 0. The van der Waals surface area contributed by atoms with E-state index in [4.69, 9.17) is 10.5 Å². The van der Waals surface area contributed by atoms with E-state index in [0.29, 0.717) is 18.0 Å². The zero-order valence-corrected chi connectivity index (χ0v) is 15.6. The zero-order valence-electron chi connectivity index (χ0n) is 15.6. The summed E-state index contributed by atoms with van der Waals surface area (Å²) in [4.78, 5) is 16.3. The number of aromatic amines is 1. The quantitative estimate of drug-likeness (QED) is 0.432. The number of nitrogens with one attached hydrogen (secondary N) is 1. The van der Waals surface area contributed by atoms with Gasteiger partial charge in [0.2, 0.25) is 0 Å². The van der Waals surface area contributed by atoms with Gasteiger partial charge in [-0.3, -0.25) is 9.36 Å². The number of carbonyl (C=O) groups excluding carboxylic acids is 1. The number of fused-ring (bicyclic) bond motifs is 2. The number of rotatable bonds is 4. The number of hydrogen-bond donors (Lipinski definition) is 2. The molecule has 0 radical (unpaired) electrons. The molecule has 0 atom stereocenters. The molecule has 0 fully saturated rings. The van der Waals surface area contributed by atoms with Crippen molar-refractivity contribution in [2.24, 2.45) is 0 Å². The molecule has 5 heteroatoms. The molecule has 0 amide bonds. The summed E-state index contributed by atoms with van der Waals surface area (Å²) in [7, 11) is 0. The van der Waals surface area contributed by atoms with Crippen molar-refractivity contribution in [2.75, 3.05) is 5.73 Å². The molecule has 3 aromatic carbocycles. The predicted octanol–water partition coefficient (Wildman–Crippen LogP) is 4.97. The van der Waals surface area contributed by atoms with Gasteiger partial charge in [0, 0.05) is 28.6 Å². The van der Waals surface area contributed by atoms with Gasteiger partial charge in [-0.1, -0.05) is 42.5 Å². The second kappa shape index (κ2) is 6.87. The Balaban J connectivity index is 1.44. The van der Waals surface area contributed by atoms with E-state index in [1.54, 1.807) is 16.8 Å². The van der Waals surface area contributed by atoms with Crippen LogP contribution in [-0.4, -0.2) is 15.5 Å². The van der Waals surface area contributed by atoms with Crippen molar-refractivity contribution >= 4 is 33.4 Å². The van der Waals surface area contributed by atoms with Gasteiger partial charge in [0.15, 0.2) is 0 Å². The Morgan fingerprint density at radius 2 is 1.79 bits per heavy atom. The molecule has 0 unspecified atom stereocenters. The Kier molecular flexibility index (Phi) is 4.06. The number of carbonyl (C=O) groups is 1. The largest absolute Gasteiger partial charge is 0.489 e. The van der Waals surface area contributed by atoms with Crippen molar-refractivity contribution in [1.82, 2.24) is 9.55 Å². The van der Waals surface area contributed by atoms with E-state index in [9.17, 15) is 4.79 Å². The van der Waals surface area contributed by atoms with Crippen molar-refractivity contribution in [3.63, 3.8) is 0 Å². The van der Waals surface area contributed by atoms with Gasteiger partial charge < -0.3 is 15.5 Å². The van der Waals surface area contributed by atoms with Crippen LogP contribution in [0, 0.1) is 0 Å². The summed E-state index contributed by atoms with van der Waals surface area (Å²) in [6, 6.07) is 25.1. The molecule has 0 saturated carbocycles. The maximum Gasteiger partial charge on any atom is 0.278 e. The lowest BCUT2D eigenvalue weighted by Crippen LogP contribution is -2.11. The van der Waals surface area contributed by atoms with Gasteiger partial charge in [-0.25, -0.2) is 0 Å². The van der Waals surface area contributed by atoms with Crippen molar-refractivity contribution in [1.29, 1.82) is 0 Å². The minimum absolute atomic E-state index is 0.152. The van der Waals surface area contributed by atoms with Crippen molar-refractivity contribution in [3.8, 4) is 5.75 Å². The molecule has 0 saturated heterocycles. The van der Waals surface area contributed by atoms with Crippen LogP contribution < -0.4 is 10.5 Å². The molecule has 0 bridgehead atoms. The van der Waals surface area contributed by atoms with Gasteiger partial charge in [0.05, 0.1) is 11.2 Å². The Morgan fingerprint density at radius 1 is 0.931 bits per heavy atom. The smallest absolute Gasteiger partial charge is 0.278 e. The Morgan fingerprint density at radius 3 is 2.66 bits per heavy atom. The van der Waals surface area contributed by atoms with Crippen LogP contribution in [0.4, 0.5) is 5.69 Å². The Labute approximate surface area is 167 Å². The number of anilines is 1. The third-order valence-corrected chi connectivity index (χ3v) is 5.03. The van der Waals surface area contributed by atoms with Crippen LogP contribution in [0.2, 0.25) is 0 Å². The molecular formula is C24H19N3O2. The van der Waals surface area contributed by atoms with Gasteiger partial charge >= 0.3 is 0 Å². The van der Waals surface area contributed by atoms with E-state index in [2.05, 4.69) is 4.98 Å².